The van der Waals surface area contributed by atoms with Gasteiger partial charge >= 0.3 is 0 Å². The van der Waals surface area contributed by atoms with E-state index in [1.165, 1.54) is 25.2 Å². The summed E-state index contributed by atoms with van der Waals surface area (Å²) in [5.41, 5.74) is 2.94. The predicted octanol–water partition coefficient (Wildman–Crippen LogP) is 0.928. The lowest BCUT2D eigenvalue weighted by Crippen LogP contribution is -2.33. The van der Waals surface area contributed by atoms with Gasteiger partial charge in [0.1, 0.15) is 5.69 Å². The van der Waals surface area contributed by atoms with Crippen molar-refractivity contribution in [3.05, 3.63) is 18.1 Å². The number of aromatic nitrogens is 2. The number of hydrogen-bond acceptors (Lipinski definition) is 5. The number of hydrogen-bond donors (Lipinski definition) is 3. The van der Waals surface area contributed by atoms with Crippen molar-refractivity contribution in [3.63, 3.8) is 0 Å². The molecular formula is C12H19N5O. The first-order valence-corrected chi connectivity index (χ1v) is 6.14. The normalized spacial score (nSPS) is 16.4. The van der Waals surface area contributed by atoms with E-state index in [1.807, 2.05) is 0 Å². The summed E-state index contributed by atoms with van der Waals surface area (Å²) in [6.07, 6.45) is 5.26. The third-order valence-corrected chi connectivity index (χ3v) is 3.73. The van der Waals surface area contributed by atoms with Crippen LogP contribution in [0.15, 0.2) is 12.4 Å². The number of nitrogen functional groups attached to an aromatic ring is 1. The Bertz CT molecular complexity index is 442. The molecule has 4 N–H and O–H groups in total. The molecule has 1 aliphatic carbocycles. The molecule has 0 radical (unpaired) electrons. The van der Waals surface area contributed by atoms with Crippen LogP contribution in [0.4, 0.5) is 5.82 Å². The summed E-state index contributed by atoms with van der Waals surface area (Å²) in [5, 5.41) is 2.92. The summed E-state index contributed by atoms with van der Waals surface area (Å²) >= 11 is 0. The maximum Gasteiger partial charge on any atom is 0.271 e. The number of rotatable bonds is 5. The Morgan fingerprint density at radius 1 is 1.50 bits per heavy atom. The Balaban J connectivity index is 1.95. The van der Waals surface area contributed by atoms with Gasteiger partial charge in [0.15, 0.2) is 5.82 Å². The maximum atomic E-state index is 11.9. The fraction of sp³-hybridized carbons (Fsp3) is 0.583. The van der Waals surface area contributed by atoms with Crippen molar-refractivity contribution < 1.29 is 4.79 Å². The Morgan fingerprint density at radius 3 is 2.78 bits per heavy atom. The molecule has 1 aliphatic rings. The third-order valence-electron chi connectivity index (χ3n) is 3.73. The Hall–Kier alpha value is -1.69. The van der Waals surface area contributed by atoms with Crippen LogP contribution in [0.5, 0.6) is 0 Å². The molecule has 0 atom stereocenters. The Kier molecular flexibility index (Phi) is 3.47. The fourth-order valence-corrected chi connectivity index (χ4v) is 2.01. The highest BCUT2D eigenvalue weighted by Crippen LogP contribution is 2.51. The van der Waals surface area contributed by atoms with Crippen LogP contribution in [0.25, 0.3) is 0 Å². The molecule has 1 saturated carbocycles. The van der Waals surface area contributed by atoms with Gasteiger partial charge < -0.3 is 10.7 Å². The molecule has 1 aromatic rings. The Labute approximate surface area is 106 Å². The average molecular weight is 249 g/mol. The highest BCUT2D eigenvalue weighted by atomic mass is 16.1. The van der Waals surface area contributed by atoms with Crippen molar-refractivity contribution in [2.75, 3.05) is 12.0 Å². The van der Waals surface area contributed by atoms with Crippen molar-refractivity contribution in [1.29, 1.82) is 0 Å². The zero-order valence-electron chi connectivity index (χ0n) is 10.7. The van der Waals surface area contributed by atoms with Gasteiger partial charge in [-0.1, -0.05) is 13.8 Å². The topological polar surface area (TPSA) is 92.9 Å². The van der Waals surface area contributed by atoms with E-state index in [9.17, 15) is 4.79 Å². The first-order chi connectivity index (χ1) is 8.57. The summed E-state index contributed by atoms with van der Waals surface area (Å²) in [5.74, 6) is 5.99. The van der Waals surface area contributed by atoms with Crippen LogP contribution in [0, 0.1) is 11.3 Å². The van der Waals surface area contributed by atoms with E-state index in [0.717, 1.165) is 0 Å². The lowest BCUT2D eigenvalue weighted by atomic mass is 9.92. The van der Waals surface area contributed by atoms with Crippen LogP contribution in [-0.2, 0) is 0 Å². The van der Waals surface area contributed by atoms with Crippen molar-refractivity contribution in [2.45, 2.75) is 26.7 Å². The maximum absolute atomic E-state index is 11.9. The first-order valence-electron chi connectivity index (χ1n) is 6.14. The summed E-state index contributed by atoms with van der Waals surface area (Å²) in [6, 6.07) is 0. The third kappa shape index (κ3) is 2.59. The van der Waals surface area contributed by atoms with Gasteiger partial charge in [-0.05, 0) is 24.2 Å². The second kappa shape index (κ2) is 4.89. The number of carbonyl (C=O) groups excluding carboxylic acids is 1. The minimum absolute atomic E-state index is 0.202. The van der Waals surface area contributed by atoms with Crippen molar-refractivity contribution in [2.24, 2.45) is 17.2 Å². The van der Waals surface area contributed by atoms with Crippen molar-refractivity contribution >= 4 is 11.7 Å². The van der Waals surface area contributed by atoms with Gasteiger partial charge in [0.2, 0.25) is 0 Å². The highest BCUT2D eigenvalue weighted by molar-refractivity contribution is 5.92. The molecule has 0 spiro atoms. The quantitative estimate of drug-likeness (QED) is 0.533. The second-order valence-corrected chi connectivity index (χ2v) is 5.13. The molecule has 1 amide bonds. The van der Waals surface area contributed by atoms with E-state index in [4.69, 9.17) is 5.84 Å². The number of nitrogens with zero attached hydrogens (tertiary/aromatic N) is 2. The number of amides is 1. The van der Waals surface area contributed by atoms with E-state index >= 15 is 0 Å². The zero-order chi connectivity index (χ0) is 13.2. The largest absolute Gasteiger partial charge is 0.350 e. The fourth-order valence-electron chi connectivity index (χ4n) is 2.01. The van der Waals surface area contributed by atoms with Gasteiger partial charge in [-0.3, -0.25) is 9.78 Å². The number of hydrazine groups is 1. The van der Waals surface area contributed by atoms with Gasteiger partial charge in [-0.2, -0.15) is 0 Å². The summed E-state index contributed by atoms with van der Waals surface area (Å²) in [6.45, 7) is 5.08. The second-order valence-electron chi connectivity index (χ2n) is 5.13. The minimum Gasteiger partial charge on any atom is -0.350 e. The molecule has 0 aromatic carbocycles. The number of anilines is 1. The van der Waals surface area contributed by atoms with Gasteiger partial charge in [-0.25, -0.2) is 10.8 Å². The number of nitrogens with one attached hydrogen (secondary N) is 2. The van der Waals surface area contributed by atoms with Crippen LogP contribution in [0.2, 0.25) is 0 Å². The van der Waals surface area contributed by atoms with E-state index in [1.54, 1.807) is 0 Å². The average Bonchev–Trinajstić information content (AvgIpc) is 3.17. The SMILES string of the molecule is CC(C)C1(CNC(=O)c2cncc(NN)n2)CC1. The van der Waals surface area contributed by atoms with Crippen LogP contribution < -0.4 is 16.6 Å². The van der Waals surface area contributed by atoms with E-state index in [-0.39, 0.29) is 17.0 Å². The van der Waals surface area contributed by atoms with Crippen LogP contribution in [0.1, 0.15) is 37.2 Å². The van der Waals surface area contributed by atoms with E-state index in [2.05, 4.69) is 34.6 Å². The summed E-state index contributed by atoms with van der Waals surface area (Å²) < 4.78 is 0. The van der Waals surface area contributed by atoms with E-state index in [0.29, 0.717) is 18.3 Å². The molecule has 6 nitrogen and oxygen atoms in total. The van der Waals surface area contributed by atoms with E-state index < -0.39 is 0 Å². The monoisotopic (exact) mass is 249 g/mol. The molecule has 2 rings (SSSR count). The molecule has 0 aliphatic heterocycles. The predicted molar refractivity (Wildman–Crippen MR) is 68.7 cm³/mol. The molecule has 0 saturated heterocycles. The standard InChI is InChI=1S/C12H19N5O/c1-8(2)12(3-4-12)7-15-11(18)9-5-14-6-10(16-9)17-13/h5-6,8H,3-4,7,13H2,1-2H3,(H,15,18)(H,16,17). The van der Waals surface area contributed by atoms with Gasteiger partial charge in [0.05, 0.1) is 12.4 Å². The molecule has 0 unspecified atom stereocenters. The molecule has 1 heterocycles. The number of nitrogens with two attached hydrogens (primary N) is 1. The van der Waals surface area contributed by atoms with Gasteiger partial charge in [0, 0.05) is 6.54 Å². The van der Waals surface area contributed by atoms with Crippen LogP contribution in [-0.4, -0.2) is 22.4 Å². The first kappa shape index (κ1) is 12.8. The lowest BCUT2D eigenvalue weighted by molar-refractivity contribution is 0.0934. The smallest absolute Gasteiger partial charge is 0.271 e. The zero-order valence-corrected chi connectivity index (χ0v) is 10.7. The molecular weight excluding hydrogens is 230 g/mol. The summed E-state index contributed by atoms with van der Waals surface area (Å²) in [7, 11) is 0. The number of carbonyl (C=O) groups is 1. The molecule has 1 aromatic heterocycles. The van der Waals surface area contributed by atoms with Crippen LogP contribution >= 0.6 is 0 Å². The summed E-state index contributed by atoms with van der Waals surface area (Å²) in [4.78, 5) is 19.9. The molecule has 98 valence electrons. The van der Waals surface area contributed by atoms with Crippen LogP contribution in [0.3, 0.4) is 0 Å². The van der Waals surface area contributed by atoms with Crippen molar-refractivity contribution in [1.82, 2.24) is 15.3 Å². The molecule has 1 fully saturated rings. The van der Waals surface area contributed by atoms with Crippen molar-refractivity contribution in [3.8, 4) is 0 Å². The molecule has 18 heavy (non-hydrogen) atoms. The highest BCUT2D eigenvalue weighted by Gasteiger charge is 2.45. The lowest BCUT2D eigenvalue weighted by Gasteiger charge is -2.19. The van der Waals surface area contributed by atoms with Gasteiger partial charge in [0.25, 0.3) is 5.91 Å². The molecule has 0 bridgehead atoms. The van der Waals surface area contributed by atoms with Gasteiger partial charge in [-0.15, -0.1) is 0 Å². The molecule has 6 heteroatoms. The Morgan fingerprint density at radius 2 is 2.22 bits per heavy atom. The minimum atomic E-state index is -0.202.